The topological polar surface area (TPSA) is 49.9 Å². The van der Waals surface area contributed by atoms with E-state index in [9.17, 15) is 22.8 Å². The highest BCUT2D eigenvalue weighted by molar-refractivity contribution is 6.67. The van der Waals surface area contributed by atoms with Gasteiger partial charge in [-0.1, -0.05) is 0 Å². The van der Waals surface area contributed by atoms with Gasteiger partial charge in [0.25, 0.3) is 11.7 Å². The van der Waals surface area contributed by atoms with Gasteiger partial charge in [-0.3, -0.25) is 9.59 Å². The Hall–Kier alpha value is -1.30. The lowest BCUT2D eigenvalue weighted by Crippen LogP contribution is -2.14. The molecule has 1 rings (SSSR count). The summed E-state index contributed by atoms with van der Waals surface area (Å²) in [5.41, 5.74) is -3.10. The molecule has 0 spiro atoms. The van der Waals surface area contributed by atoms with Crippen LogP contribution in [0, 0.1) is 5.82 Å². The molecular formula is C7H3ClF3NO2. The van der Waals surface area contributed by atoms with Gasteiger partial charge >= 0.3 is 0 Å². The van der Waals surface area contributed by atoms with Crippen molar-refractivity contribution >= 4 is 16.8 Å². The van der Waals surface area contributed by atoms with E-state index in [0.29, 0.717) is 6.07 Å². The van der Waals surface area contributed by atoms with Crippen molar-refractivity contribution in [3.05, 3.63) is 33.5 Å². The number of halogens is 4. The predicted octanol–water partition coefficient (Wildman–Crippen LogP) is 1.83. The van der Waals surface area contributed by atoms with Gasteiger partial charge in [-0.05, 0) is 11.6 Å². The molecule has 0 fully saturated rings. The number of pyridine rings is 1. The Morgan fingerprint density at radius 3 is 2.50 bits per heavy atom. The second-order valence-corrected chi connectivity index (χ2v) is 2.69. The number of carbonyl (C=O) groups excluding carboxylic acids is 1. The minimum absolute atomic E-state index is 0.524. The maximum Gasteiger partial charge on any atom is 0.281 e. The number of aromatic nitrogens is 1. The number of alkyl halides is 2. The zero-order valence-electron chi connectivity index (χ0n) is 6.48. The standard InChI is InChI=1S/C7H3ClF3NO2/c8-6(14)2-1-3(13)12-5(4(2)9)7(10)11/h1,7H,(H,12,13). The van der Waals surface area contributed by atoms with E-state index in [-0.39, 0.29) is 0 Å². The quantitative estimate of drug-likeness (QED) is 0.781. The Morgan fingerprint density at radius 2 is 2.07 bits per heavy atom. The van der Waals surface area contributed by atoms with Gasteiger partial charge in [0.1, 0.15) is 5.69 Å². The van der Waals surface area contributed by atoms with E-state index in [1.807, 2.05) is 0 Å². The van der Waals surface area contributed by atoms with Crippen LogP contribution in [0.2, 0.25) is 0 Å². The van der Waals surface area contributed by atoms with Crippen LogP contribution < -0.4 is 5.56 Å². The first-order valence-electron chi connectivity index (χ1n) is 3.34. The molecule has 7 heteroatoms. The molecule has 0 aliphatic rings. The molecular weight excluding hydrogens is 223 g/mol. The zero-order chi connectivity index (χ0) is 10.9. The Labute approximate surface area is 80.5 Å². The fraction of sp³-hybridized carbons (Fsp3) is 0.143. The molecule has 1 N–H and O–H groups in total. The Kier molecular flexibility index (Phi) is 2.95. The van der Waals surface area contributed by atoms with Gasteiger partial charge in [0, 0.05) is 6.07 Å². The number of hydrogen-bond donors (Lipinski definition) is 1. The fourth-order valence-corrected chi connectivity index (χ4v) is 0.994. The number of carbonyl (C=O) groups is 1. The summed E-state index contributed by atoms with van der Waals surface area (Å²) >= 11 is 4.88. The number of H-pyrrole nitrogens is 1. The summed E-state index contributed by atoms with van der Waals surface area (Å²) in [7, 11) is 0. The second kappa shape index (κ2) is 3.83. The first-order valence-corrected chi connectivity index (χ1v) is 3.72. The molecule has 0 amide bonds. The summed E-state index contributed by atoms with van der Waals surface area (Å²) in [6.07, 6.45) is -3.21. The maximum atomic E-state index is 13.0. The van der Waals surface area contributed by atoms with Crippen LogP contribution in [0.1, 0.15) is 22.5 Å². The Bertz CT molecular complexity index is 429. The number of aromatic amines is 1. The lowest BCUT2D eigenvalue weighted by Gasteiger charge is -2.03. The summed E-state index contributed by atoms with van der Waals surface area (Å²) in [5.74, 6) is -1.50. The van der Waals surface area contributed by atoms with E-state index < -0.39 is 34.3 Å². The van der Waals surface area contributed by atoms with Crippen molar-refractivity contribution < 1.29 is 18.0 Å². The van der Waals surface area contributed by atoms with Crippen LogP contribution >= 0.6 is 11.6 Å². The third-order valence-electron chi connectivity index (χ3n) is 1.44. The molecule has 0 saturated carbocycles. The van der Waals surface area contributed by atoms with Gasteiger partial charge in [-0.25, -0.2) is 13.2 Å². The molecule has 0 atom stereocenters. The minimum Gasteiger partial charge on any atom is -0.319 e. The van der Waals surface area contributed by atoms with Crippen LogP contribution in [0.25, 0.3) is 0 Å². The third kappa shape index (κ3) is 1.95. The smallest absolute Gasteiger partial charge is 0.281 e. The van der Waals surface area contributed by atoms with Crippen LogP contribution in [0.4, 0.5) is 13.2 Å². The van der Waals surface area contributed by atoms with Gasteiger partial charge in [-0.2, -0.15) is 0 Å². The van der Waals surface area contributed by atoms with Gasteiger partial charge in [0.05, 0.1) is 5.56 Å². The second-order valence-electron chi connectivity index (χ2n) is 2.35. The number of hydrogen-bond acceptors (Lipinski definition) is 2. The summed E-state index contributed by atoms with van der Waals surface area (Å²) in [5, 5.41) is -1.30. The molecule has 0 saturated heterocycles. The average Bonchev–Trinajstić information content (AvgIpc) is 2.07. The summed E-state index contributed by atoms with van der Waals surface area (Å²) < 4.78 is 37.2. The number of nitrogens with one attached hydrogen (secondary N) is 1. The Morgan fingerprint density at radius 1 is 1.50 bits per heavy atom. The molecule has 76 valence electrons. The van der Waals surface area contributed by atoms with Crippen LogP contribution in [-0.4, -0.2) is 10.2 Å². The van der Waals surface area contributed by atoms with E-state index in [1.165, 1.54) is 0 Å². The Balaban J connectivity index is 3.48. The summed E-state index contributed by atoms with van der Waals surface area (Å²) in [6, 6.07) is 0.524. The molecule has 0 bridgehead atoms. The van der Waals surface area contributed by atoms with Crippen molar-refractivity contribution in [3.63, 3.8) is 0 Å². The first-order chi connectivity index (χ1) is 6.43. The molecule has 0 aliphatic heterocycles. The average molecular weight is 226 g/mol. The largest absolute Gasteiger partial charge is 0.319 e. The molecule has 14 heavy (non-hydrogen) atoms. The normalized spacial score (nSPS) is 10.6. The van der Waals surface area contributed by atoms with E-state index in [2.05, 4.69) is 0 Å². The molecule has 3 nitrogen and oxygen atoms in total. The van der Waals surface area contributed by atoms with Crippen molar-refractivity contribution in [3.8, 4) is 0 Å². The van der Waals surface area contributed by atoms with E-state index in [4.69, 9.17) is 11.6 Å². The minimum atomic E-state index is -3.21. The van der Waals surface area contributed by atoms with Gasteiger partial charge in [-0.15, -0.1) is 0 Å². The van der Waals surface area contributed by atoms with Crippen LogP contribution in [0.5, 0.6) is 0 Å². The molecule has 1 heterocycles. The van der Waals surface area contributed by atoms with Crippen LogP contribution in [0.3, 0.4) is 0 Å². The van der Waals surface area contributed by atoms with Gasteiger partial charge in [0.2, 0.25) is 5.56 Å². The first kappa shape index (κ1) is 10.8. The van der Waals surface area contributed by atoms with Crippen molar-refractivity contribution in [2.24, 2.45) is 0 Å². The van der Waals surface area contributed by atoms with E-state index in [0.717, 1.165) is 0 Å². The van der Waals surface area contributed by atoms with E-state index in [1.54, 1.807) is 4.98 Å². The van der Waals surface area contributed by atoms with Gasteiger partial charge in [0.15, 0.2) is 5.82 Å². The van der Waals surface area contributed by atoms with Crippen molar-refractivity contribution in [1.29, 1.82) is 0 Å². The molecule has 0 aliphatic carbocycles. The van der Waals surface area contributed by atoms with Gasteiger partial charge < -0.3 is 4.98 Å². The maximum absolute atomic E-state index is 13.0. The summed E-state index contributed by atoms with van der Waals surface area (Å²) in [4.78, 5) is 22.8. The van der Waals surface area contributed by atoms with Crippen molar-refractivity contribution in [2.45, 2.75) is 6.43 Å². The molecule has 0 radical (unpaired) electrons. The van der Waals surface area contributed by atoms with Crippen molar-refractivity contribution in [1.82, 2.24) is 4.98 Å². The number of rotatable bonds is 2. The molecule has 1 aromatic heterocycles. The van der Waals surface area contributed by atoms with Crippen LogP contribution in [-0.2, 0) is 0 Å². The summed E-state index contributed by atoms with van der Waals surface area (Å²) in [6.45, 7) is 0. The highest BCUT2D eigenvalue weighted by Crippen LogP contribution is 2.21. The molecule has 1 aromatic rings. The third-order valence-corrected chi connectivity index (χ3v) is 1.64. The van der Waals surface area contributed by atoms with Crippen LogP contribution in [0.15, 0.2) is 10.9 Å². The SMILES string of the molecule is O=C(Cl)c1cc(=O)[nH]c(C(F)F)c1F. The molecule has 0 aromatic carbocycles. The lowest BCUT2D eigenvalue weighted by molar-refractivity contribution is 0.107. The molecule has 0 unspecified atom stereocenters. The monoisotopic (exact) mass is 225 g/mol. The zero-order valence-corrected chi connectivity index (χ0v) is 7.24. The van der Waals surface area contributed by atoms with E-state index >= 15 is 0 Å². The lowest BCUT2D eigenvalue weighted by atomic mass is 10.2. The van der Waals surface area contributed by atoms with Crippen molar-refractivity contribution in [2.75, 3.05) is 0 Å². The highest BCUT2D eigenvalue weighted by atomic mass is 35.5. The predicted molar refractivity (Wildman–Crippen MR) is 42.2 cm³/mol. The highest BCUT2D eigenvalue weighted by Gasteiger charge is 2.21. The fourth-order valence-electron chi connectivity index (χ4n) is 0.857.